The summed E-state index contributed by atoms with van der Waals surface area (Å²) < 4.78 is 42.6. The van der Waals surface area contributed by atoms with Gasteiger partial charge in [0.15, 0.2) is 5.78 Å². The molecule has 2 amide bonds. The summed E-state index contributed by atoms with van der Waals surface area (Å²) in [5.41, 5.74) is -1.47. The van der Waals surface area contributed by atoms with Crippen LogP contribution in [0.3, 0.4) is 0 Å². The highest BCUT2D eigenvalue weighted by atomic mass is 19.4. The summed E-state index contributed by atoms with van der Waals surface area (Å²) in [6, 6.07) is 7.79. The summed E-state index contributed by atoms with van der Waals surface area (Å²) >= 11 is 0. The topological polar surface area (TPSA) is 138 Å². The second-order valence-electron chi connectivity index (χ2n) is 8.19. The van der Waals surface area contributed by atoms with Gasteiger partial charge in [-0.2, -0.15) is 13.2 Å². The predicted molar refractivity (Wildman–Crippen MR) is 125 cm³/mol. The lowest BCUT2D eigenvalue weighted by molar-refractivity contribution is -0.137. The third kappa shape index (κ3) is 6.81. The molecule has 3 aromatic rings. The minimum absolute atomic E-state index is 0.00965. The molecule has 0 unspecified atom stereocenters. The van der Waals surface area contributed by atoms with Crippen molar-refractivity contribution in [3.05, 3.63) is 59.9 Å². The molecule has 1 aromatic heterocycles. The highest BCUT2D eigenvalue weighted by Gasteiger charge is 2.35. The van der Waals surface area contributed by atoms with Crippen LogP contribution in [0.2, 0.25) is 0 Å². The number of benzene rings is 2. The first-order valence-electron chi connectivity index (χ1n) is 10.7. The molecule has 0 bridgehead atoms. The number of anilines is 3. The first kappa shape index (κ1) is 26.2. The molecule has 0 fully saturated rings. The molecule has 13 heteroatoms. The number of hydrogen-bond acceptors (Lipinski definition) is 6. The van der Waals surface area contributed by atoms with Crippen molar-refractivity contribution in [1.29, 1.82) is 0 Å². The lowest BCUT2D eigenvalue weighted by Gasteiger charge is -2.20. The average Bonchev–Trinajstić information content (AvgIpc) is 3.33. The maximum Gasteiger partial charge on any atom is 0.418 e. The number of nitrogens with zero attached hydrogens (tertiary/aromatic N) is 3. The smallest absolute Gasteiger partial charge is 0.418 e. The Morgan fingerprint density at radius 3 is 2.39 bits per heavy atom. The second-order valence-corrected chi connectivity index (χ2v) is 8.19. The summed E-state index contributed by atoms with van der Waals surface area (Å²) in [4.78, 5) is 36.5. The Kier molecular flexibility index (Phi) is 7.92. The Hall–Kier alpha value is -4.42. The fourth-order valence-electron chi connectivity index (χ4n) is 3.23. The van der Waals surface area contributed by atoms with Crippen molar-refractivity contribution in [2.75, 3.05) is 22.5 Å². The minimum atomic E-state index is -4.79. The van der Waals surface area contributed by atoms with Crippen molar-refractivity contribution in [2.45, 2.75) is 26.4 Å². The van der Waals surface area contributed by atoms with E-state index in [4.69, 9.17) is 5.11 Å². The molecule has 0 aliphatic heterocycles. The number of alkyl halides is 3. The van der Waals surface area contributed by atoms with Gasteiger partial charge >= 0.3 is 12.3 Å². The Bertz CT molecular complexity index is 1260. The number of Topliss-reactive ketones (excluding diaryl/α,β-unsaturated/α-hetero) is 1. The van der Waals surface area contributed by atoms with Gasteiger partial charge in [-0.15, -0.1) is 5.10 Å². The second kappa shape index (κ2) is 10.9. The average molecular weight is 504 g/mol. The van der Waals surface area contributed by atoms with Gasteiger partial charge in [0.2, 0.25) is 5.91 Å². The van der Waals surface area contributed by atoms with E-state index in [9.17, 15) is 27.6 Å². The van der Waals surface area contributed by atoms with Gasteiger partial charge in [0.1, 0.15) is 0 Å². The molecular weight excluding hydrogens is 481 g/mol. The lowest BCUT2D eigenvalue weighted by atomic mass is 10.1. The van der Waals surface area contributed by atoms with Gasteiger partial charge in [0.25, 0.3) is 0 Å². The van der Waals surface area contributed by atoms with Crippen molar-refractivity contribution >= 4 is 34.8 Å². The van der Waals surface area contributed by atoms with Crippen LogP contribution in [-0.2, 0) is 11.0 Å². The first-order valence-corrected chi connectivity index (χ1v) is 10.7. The maximum absolute atomic E-state index is 13.7. The molecule has 190 valence electrons. The van der Waals surface area contributed by atoms with E-state index >= 15 is 0 Å². The molecular formula is C23H23F3N6O4. The zero-order chi connectivity index (χ0) is 26.5. The van der Waals surface area contributed by atoms with Crippen LogP contribution in [0.1, 0.15) is 36.2 Å². The Labute approximate surface area is 203 Å². The van der Waals surface area contributed by atoms with Crippen molar-refractivity contribution in [3.8, 4) is 5.69 Å². The number of rotatable bonds is 9. The zero-order valence-corrected chi connectivity index (χ0v) is 19.3. The molecule has 0 aliphatic rings. The van der Waals surface area contributed by atoms with Crippen molar-refractivity contribution in [3.63, 3.8) is 0 Å². The first-order chi connectivity index (χ1) is 16.9. The quantitative estimate of drug-likeness (QED) is 0.246. The van der Waals surface area contributed by atoms with E-state index in [-0.39, 0.29) is 29.4 Å². The van der Waals surface area contributed by atoms with Gasteiger partial charge in [-0.3, -0.25) is 14.9 Å². The van der Waals surface area contributed by atoms with Crippen LogP contribution in [0.15, 0.2) is 48.8 Å². The van der Waals surface area contributed by atoms with Gasteiger partial charge in [0, 0.05) is 17.8 Å². The Morgan fingerprint density at radius 2 is 1.78 bits per heavy atom. The number of nitrogens with one attached hydrogen (secondary N) is 3. The van der Waals surface area contributed by atoms with Gasteiger partial charge in [-0.1, -0.05) is 31.2 Å². The van der Waals surface area contributed by atoms with E-state index in [0.29, 0.717) is 11.8 Å². The van der Waals surface area contributed by atoms with Crippen molar-refractivity contribution in [2.24, 2.45) is 5.92 Å². The number of amides is 2. The van der Waals surface area contributed by atoms with Gasteiger partial charge in [-0.25, -0.2) is 9.48 Å². The zero-order valence-electron chi connectivity index (χ0n) is 19.3. The number of carboxylic acid groups (broad SMARTS) is 1. The monoisotopic (exact) mass is 504 g/mol. The highest BCUT2D eigenvalue weighted by molar-refractivity contribution is 6.12. The van der Waals surface area contributed by atoms with E-state index in [1.807, 2.05) is 5.32 Å². The summed E-state index contributed by atoms with van der Waals surface area (Å²) in [5, 5.41) is 23.5. The lowest BCUT2D eigenvalue weighted by Crippen LogP contribution is -2.21. The Morgan fingerprint density at radius 1 is 1.06 bits per heavy atom. The number of aromatic nitrogens is 3. The fraction of sp³-hybridized carbons (Fsp3) is 0.261. The van der Waals surface area contributed by atoms with Gasteiger partial charge in [0.05, 0.1) is 41.4 Å². The molecule has 0 aliphatic carbocycles. The van der Waals surface area contributed by atoms with Gasteiger partial charge in [-0.05, 0) is 30.2 Å². The Balaban J connectivity index is 1.85. The molecule has 4 N–H and O–H groups in total. The van der Waals surface area contributed by atoms with E-state index in [0.717, 1.165) is 6.07 Å². The molecule has 2 aromatic carbocycles. The predicted octanol–water partition coefficient (Wildman–Crippen LogP) is 4.66. The van der Waals surface area contributed by atoms with E-state index in [1.54, 1.807) is 32.2 Å². The molecule has 0 saturated carbocycles. The summed E-state index contributed by atoms with van der Waals surface area (Å²) in [6.45, 7) is 3.79. The van der Waals surface area contributed by atoms with Crippen LogP contribution in [0.25, 0.3) is 5.69 Å². The summed E-state index contributed by atoms with van der Waals surface area (Å²) in [6.07, 6.45) is -4.02. The van der Waals surface area contributed by atoms with E-state index < -0.39 is 41.6 Å². The van der Waals surface area contributed by atoms with Crippen LogP contribution in [0.4, 0.5) is 35.0 Å². The standard InChI is InChI=1S/C23H23F3N6O4/c1-13(2)12-27-17-10-19(30-22(35)36)18(9-16(17)23(24,25)26)29-21(34)11-20(33)14-4-3-5-15(8-14)32-7-6-28-31-32/h3-10,13,27,30H,11-12H2,1-2H3,(H,29,34)(H,35,36). The van der Waals surface area contributed by atoms with Crippen LogP contribution in [0.5, 0.6) is 0 Å². The number of halogens is 3. The number of ketones is 1. The van der Waals surface area contributed by atoms with Crippen molar-refractivity contribution < 1.29 is 32.7 Å². The normalized spacial score (nSPS) is 11.3. The summed E-state index contributed by atoms with van der Waals surface area (Å²) in [7, 11) is 0. The molecule has 0 atom stereocenters. The fourth-order valence-corrected chi connectivity index (χ4v) is 3.23. The molecule has 0 spiro atoms. The van der Waals surface area contributed by atoms with Gasteiger partial charge < -0.3 is 15.7 Å². The highest BCUT2D eigenvalue weighted by Crippen LogP contribution is 2.40. The third-order valence-corrected chi connectivity index (χ3v) is 4.86. The van der Waals surface area contributed by atoms with Crippen LogP contribution in [-0.4, -0.2) is 44.4 Å². The van der Waals surface area contributed by atoms with Crippen LogP contribution < -0.4 is 16.0 Å². The molecule has 36 heavy (non-hydrogen) atoms. The van der Waals surface area contributed by atoms with Crippen LogP contribution >= 0.6 is 0 Å². The number of carbonyl (C=O) groups is 3. The largest absolute Gasteiger partial charge is 0.465 e. The minimum Gasteiger partial charge on any atom is -0.465 e. The summed E-state index contributed by atoms with van der Waals surface area (Å²) in [5.74, 6) is -1.51. The molecule has 1 heterocycles. The van der Waals surface area contributed by atoms with Crippen LogP contribution in [0, 0.1) is 5.92 Å². The maximum atomic E-state index is 13.7. The molecule has 10 nitrogen and oxygen atoms in total. The van der Waals surface area contributed by atoms with Crippen molar-refractivity contribution in [1.82, 2.24) is 15.0 Å². The van der Waals surface area contributed by atoms with E-state index in [1.165, 1.54) is 23.0 Å². The third-order valence-electron chi connectivity index (χ3n) is 4.86. The number of hydrogen-bond donors (Lipinski definition) is 4. The number of carbonyl (C=O) groups excluding carboxylic acids is 2. The van der Waals surface area contributed by atoms with E-state index in [2.05, 4.69) is 20.9 Å². The SMILES string of the molecule is CC(C)CNc1cc(NC(=O)O)c(NC(=O)CC(=O)c2cccc(-n3ccnn3)c2)cc1C(F)(F)F. The molecule has 0 radical (unpaired) electrons. The molecule has 3 rings (SSSR count). The molecule has 0 saturated heterocycles.